The number of carbonyl (C=O) groups is 2. The number of hydrogen-bond donors (Lipinski definition) is 1. The molecule has 1 aromatic rings. The highest BCUT2D eigenvalue weighted by Gasteiger charge is 2.49. The minimum Gasteiger partial charge on any atom is -0.508 e. The monoisotopic (exact) mass is 348 g/mol. The van der Waals surface area contributed by atoms with Crippen LogP contribution in [0.3, 0.4) is 0 Å². The molecule has 136 valence electrons. The van der Waals surface area contributed by atoms with Crippen molar-refractivity contribution in [1.29, 1.82) is 0 Å². The van der Waals surface area contributed by atoms with Crippen LogP contribution < -0.4 is 0 Å². The third-order valence-corrected chi connectivity index (χ3v) is 4.73. The van der Waals surface area contributed by atoms with E-state index in [4.69, 9.17) is 9.47 Å². The second-order valence-corrected chi connectivity index (χ2v) is 6.96. The van der Waals surface area contributed by atoms with Crippen LogP contribution in [0.4, 0.5) is 0 Å². The molecule has 7 nitrogen and oxygen atoms in total. The Balaban J connectivity index is 1.53. The third kappa shape index (κ3) is 3.93. The van der Waals surface area contributed by atoms with E-state index in [0.717, 1.165) is 6.42 Å². The molecule has 1 unspecified atom stereocenters. The number of phenolic OH excluding ortho intramolecular Hbond substituents is 1. The molecule has 0 radical (unpaired) electrons. The molecule has 0 aliphatic carbocycles. The third-order valence-electron chi connectivity index (χ3n) is 4.73. The van der Waals surface area contributed by atoms with Gasteiger partial charge >= 0.3 is 0 Å². The standard InChI is InChI=1S/C18H24N2O5/c1-19(2)16(22)10-24-15-6-7-25-18(9-15)11-20(12-18)17(23)13-4-3-5-14(21)8-13/h3-5,8,15,21H,6-7,9-12H2,1-2H3. The molecule has 1 aromatic carbocycles. The maximum absolute atomic E-state index is 12.5. The summed E-state index contributed by atoms with van der Waals surface area (Å²) < 4.78 is 11.6. The highest BCUT2D eigenvalue weighted by molar-refractivity contribution is 5.95. The summed E-state index contributed by atoms with van der Waals surface area (Å²) in [5, 5.41) is 9.51. The Kier molecular flexibility index (Phi) is 4.96. The number of likely N-dealkylation sites (N-methyl/N-ethyl adjacent to an activating group) is 1. The number of hydrogen-bond acceptors (Lipinski definition) is 5. The number of phenols is 1. The van der Waals surface area contributed by atoms with Gasteiger partial charge in [-0.25, -0.2) is 0 Å². The molecule has 2 heterocycles. The number of benzene rings is 1. The first-order valence-electron chi connectivity index (χ1n) is 8.43. The Hall–Kier alpha value is -2.12. The van der Waals surface area contributed by atoms with E-state index in [0.29, 0.717) is 31.7 Å². The second-order valence-electron chi connectivity index (χ2n) is 6.96. The molecule has 2 fully saturated rings. The lowest BCUT2D eigenvalue weighted by atomic mass is 9.84. The summed E-state index contributed by atoms with van der Waals surface area (Å²) >= 11 is 0. The van der Waals surface area contributed by atoms with Gasteiger partial charge in [-0.1, -0.05) is 6.07 Å². The van der Waals surface area contributed by atoms with Crippen LogP contribution in [0.2, 0.25) is 0 Å². The molecule has 2 aliphatic heterocycles. The van der Waals surface area contributed by atoms with Crippen LogP contribution >= 0.6 is 0 Å². The SMILES string of the molecule is CN(C)C(=O)COC1CCOC2(C1)CN(C(=O)c1cccc(O)c1)C2. The summed E-state index contributed by atoms with van der Waals surface area (Å²) in [6, 6.07) is 6.35. The lowest BCUT2D eigenvalue weighted by molar-refractivity contribution is -0.188. The Labute approximate surface area is 147 Å². The van der Waals surface area contributed by atoms with Crippen LogP contribution in [0.1, 0.15) is 23.2 Å². The summed E-state index contributed by atoms with van der Waals surface area (Å²) in [6.45, 7) is 1.64. The van der Waals surface area contributed by atoms with E-state index in [2.05, 4.69) is 0 Å². The first-order chi connectivity index (χ1) is 11.9. The predicted octanol–water partition coefficient (Wildman–Crippen LogP) is 0.871. The molecular weight excluding hydrogens is 324 g/mol. The molecular formula is C18H24N2O5. The van der Waals surface area contributed by atoms with E-state index in [1.54, 1.807) is 31.1 Å². The predicted molar refractivity (Wildman–Crippen MR) is 90.4 cm³/mol. The zero-order valence-electron chi connectivity index (χ0n) is 14.6. The van der Waals surface area contributed by atoms with Crippen molar-refractivity contribution in [3.05, 3.63) is 29.8 Å². The molecule has 0 aromatic heterocycles. The molecule has 0 bridgehead atoms. The summed E-state index contributed by atoms with van der Waals surface area (Å²) in [7, 11) is 3.40. The van der Waals surface area contributed by atoms with Crippen molar-refractivity contribution in [2.24, 2.45) is 0 Å². The molecule has 2 aliphatic rings. The van der Waals surface area contributed by atoms with Gasteiger partial charge in [-0.05, 0) is 24.6 Å². The van der Waals surface area contributed by atoms with Gasteiger partial charge < -0.3 is 24.4 Å². The average molecular weight is 348 g/mol. The van der Waals surface area contributed by atoms with E-state index < -0.39 is 0 Å². The minimum absolute atomic E-state index is 0.0318. The molecule has 3 rings (SSSR count). The van der Waals surface area contributed by atoms with Crippen LogP contribution in [0, 0.1) is 0 Å². The second kappa shape index (κ2) is 7.01. The molecule has 1 N–H and O–H groups in total. The fourth-order valence-corrected chi connectivity index (χ4v) is 3.28. The number of carbonyl (C=O) groups excluding carboxylic acids is 2. The normalized spacial score (nSPS) is 21.7. The summed E-state index contributed by atoms with van der Waals surface area (Å²) in [6.07, 6.45) is 1.40. The lowest BCUT2D eigenvalue weighted by Gasteiger charge is -2.53. The largest absolute Gasteiger partial charge is 0.508 e. The molecule has 1 spiro atoms. The number of ether oxygens (including phenoxy) is 2. The van der Waals surface area contributed by atoms with Gasteiger partial charge in [0.2, 0.25) is 5.91 Å². The molecule has 2 saturated heterocycles. The molecule has 2 amide bonds. The van der Waals surface area contributed by atoms with Gasteiger partial charge in [0.15, 0.2) is 0 Å². The molecule has 7 heteroatoms. The Morgan fingerprint density at radius 1 is 1.40 bits per heavy atom. The number of aromatic hydroxyl groups is 1. The highest BCUT2D eigenvalue weighted by Crippen LogP contribution is 2.36. The van der Waals surface area contributed by atoms with E-state index in [-0.39, 0.29) is 35.9 Å². The molecule has 0 saturated carbocycles. The summed E-state index contributed by atoms with van der Waals surface area (Å²) in [5.41, 5.74) is 0.0892. The van der Waals surface area contributed by atoms with Gasteiger partial charge in [0.25, 0.3) is 5.91 Å². The Bertz CT molecular complexity index is 655. The topological polar surface area (TPSA) is 79.3 Å². The van der Waals surface area contributed by atoms with Gasteiger partial charge in [0.1, 0.15) is 18.0 Å². The number of amides is 2. The number of nitrogens with zero attached hydrogens (tertiary/aromatic N) is 2. The first-order valence-corrected chi connectivity index (χ1v) is 8.43. The van der Waals surface area contributed by atoms with Crippen LogP contribution in [0.15, 0.2) is 24.3 Å². The fraction of sp³-hybridized carbons (Fsp3) is 0.556. The van der Waals surface area contributed by atoms with Crippen LogP contribution in [-0.2, 0) is 14.3 Å². The van der Waals surface area contributed by atoms with E-state index in [1.807, 2.05) is 0 Å². The summed E-state index contributed by atoms with van der Waals surface area (Å²) in [4.78, 5) is 27.3. The molecule has 25 heavy (non-hydrogen) atoms. The maximum Gasteiger partial charge on any atom is 0.254 e. The van der Waals surface area contributed by atoms with Crippen molar-refractivity contribution in [2.45, 2.75) is 24.5 Å². The van der Waals surface area contributed by atoms with Crippen molar-refractivity contribution in [3.8, 4) is 5.75 Å². The van der Waals surface area contributed by atoms with Gasteiger partial charge in [0, 0.05) is 32.7 Å². The minimum atomic E-state index is -0.378. The first kappa shape index (κ1) is 17.7. The van der Waals surface area contributed by atoms with Gasteiger partial charge in [0.05, 0.1) is 19.2 Å². The lowest BCUT2D eigenvalue weighted by Crippen LogP contribution is -2.67. The zero-order chi connectivity index (χ0) is 18.0. The number of rotatable bonds is 4. The maximum atomic E-state index is 12.5. The van der Waals surface area contributed by atoms with E-state index in [1.165, 1.54) is 17.0 Å². The van der Waals surface area contributed by atoms with Gasteiger partial charge in [-0.15, -0.1) is 0 Å². The highest BCUT2D eigenvalue weighted by atomic mass is 16.5. The van der Waals surface area contributed by atoms with Crippen LogP contribution in [-0.4, -0.2) is 78.8 Å². The van der Waals surface area contributed by atoms with E-state index in [9.17, 15) is 14.7 Å². The van der Waals surface area contributed by atoms with Gasteiger partial charge in [-0.3, -0.25) is 9.59 Å². The Morgan fingerprint density at radius 3 is 2.84 bits per heavy atom. The van der Waals surface area contributed by atoms with Crippen LogP contribution in [0.25, 0.3) is 0 Å². The smallest absolute Gasteiger partial charge is 0.254 e. The average Bonchev–Trinajstić information content (AvgIpc) is 2.57. The number of likely N-dealkylation sites (tertiary alicyclic amines) is 1. The zero-order valence-corrected chi connectivity index (χ0v) is 14.6. The quantitative estimate of drug-likeness (QED) is 0.873. The Morgan fingerprint density at radius 2 is 2.16 bits per heavy atom. The van der Waals surface area contributed by atoms with Crippen molar-refractivity contribution >= 4 is 11.8 Å². The van der Waals surface area contributed by atoms with Crippen molar-refractivity contribution in [2.75, 3.05) is 40.4 Å². The van der Waals surface area contributed by atoms with Crippen LogP contribution in [0.5, 0.6) is 5.75 Å². The van der Waals surface area contributed by atoms with Crippen molar-refractivity contribution < 1.29 is 24.2 Å². The fourth-order valence-electron chi connectivity index (χ4n) is 3.28. The van der Waals surface area contributed by atoms with E-state index >= 15 is 0 Å². The van der Waals surface area contributed by atoms with Crippen molar-refractivity contribution in [3.63, 3.8) is 0 Å². The molecule has 1 atom stereocenters. The van der Waals surface area contributed by atoms with Crippen molar-refractivity contribution in [1.82, 2.24) is 9.80 Å². The van der Waals surface area contributed by atoms with Gasteiger partial charge in [-0.2, -0.15) is 0 Å². The summed E-state index contributed by atoms with van der Waals surface area (Å²) in [5.74, 6) is -0.0974.